The second kappa shape index (κ2) is 6.97. The van der Waals surface area contributed by atoms with Crippen molar-refractivity contribution in [3.8, 4) is 0 Å². The molecule has 88 valence electrons. The van der Waals surface area contributed by atoms with Gasteiger partial charge >= 0.3 is 0 Å². The molecule has 0 aliphatic heterocycles. The molecule has 2 N–H and O–H groups in total. The van der Waals surface area contributed by atoms with Crippen molar-refractivity contribution in [1.29, 1.82) is 0 Å². The van der Waals surface area contributed by atoms with Crippen molar-refractivity contribution >= 4 is 32.9 Å². The highest BCUT2D eigenvalue weighted by Gasteiger charge is 2.02. The maximum atomic E-state index is 5.85. The Morgan fingerprint density at radius 1 is 1.50 bits per heavy atom. The summed E-state index contributed by atoms with van der Waals surface area (Å²) in [5.74, 6) is 0.854. The molecule has 0 bridgehead atoms. The molecule has 16 heavy (non-hydrogen) atoms. The molecule has 0 saturated heterocycles. The van der Waals surface area contributed by atoms with Crippen LogP contribution in [0.5, 0.6) is 0 Å². The summed E-state index contributed by atoms with van der Waals surface area (Å²) < 4.78 is 1.12. The maximum absolute atomic E-state index is 5.85. The van der Waals surface area contributed by atoms with Gasteiger partial charge in [0.15, 0.2) is 5.17 Å². The van der Waals surface area contributed by atoms with Gasteiger partial charge in [-0.2, -0.15) is 0 Å². The van der Waals surface area contributed by atoms with Crippen LogP contribution in [-0.2, 0) is 5.75 Å². The summed E-state index contributed by atoms with van der Waals surface area (Å²) in [6.45, 7) is 4.19. The lowest BCUT2D eigenvalue weighted by molar-refractivity contribution is 0.718. The second-order valence-electron chi connectivity index (χ2n) is 3.60. The average molecular weight is 301 g/mol. The number of benzene rings is 1. The standard InChI is InChI=1S/C12H17BrN2S/c1-3-9(2)15-12(14)16-8-10-6-4-5-7-11(10)13/h4-7,9H,3,8H2,1-2H3,(H2,14,15)/t9-/m0/s1. The molecule has 1 rings (SSSR count). The fraction of sp³-hybridized carbons (Fsp3) is 0.417. The van der Waals surface area contributed by atoms with Crippen molar-refractivity contribution < 1.29 is 0 Å². The number of nitrogens with two attached hydrogens (primary N) is 1. The minimum atomic E-state index is 0.312. The van der Waals surface area contributed by atoms with Crippen LogP contribution in [0.2, 0.25) is 0 Å². The quantitative estimate of drug-likeness (QED) is 0.678. The molecule has 2 nitrogen and oxygen atoms in total. The zero-order chi connectivity index (χ0) is 12.0. The Kier molecular flexibility index (Phi) is 5.91. The fourth-order valence-corrected chi connectivity index (χ4v) is 2.53. The van der Waals surface area contributed by atoms with E-state index in [4.69, 9.17) is 5.73 Å². The number of halogens is 1. The molecule has 0 spiro atoms. The predicted octanol–water partition coefficient (Wildman–Crippen LogP) is 3.80. The molecule has 0 aromatic heterocycles. The van der Waals surface area contributed by atoms with Crippen molar-refractivity contribution in [2.75, 3.05) is 0 Å². The van der Waals surface area contributed by atoms with Crippen LogP contribution in [0.3, 0.4) is 0 Å². The second-order valence-corrected chi connectivity index (χ2v) is 5.45. The van der Waals surface area contributed by atoms with Gasteiger partial charge in [0.05, 0.1) is 0 Å². The Morgan fingerprint density at radius 3 is 2.81 bits per heavy atom. The third-order valence-electron chi connectivity index (χ3n) is 2.27. The zero-order valence-electron chi connectivity index (χ0n) is 9.61. The first-order valence-corrected chi connectivity index (χ1v) is 7.10. The highest BCUT2D eigenvalue weighted by Crippen LogP contribution is 2.21. The Labute approximate surface area is 110 Å². The monoisotopic (exact) mass is 300 g/mol. The first-order chi connectivity index (χ1) is 7.63. The van der Waals surface area contributed by atoms with E-state index in [0.717, 1.165) is 16.6 Å². The van der Waals surface area contributed by atoms with Crippen LogP contribution in [0, 0.1) is 0 Å². The molecule has 1 aromatic carbocycles. The Balaban J connectivity index is 2.52. The van der Waals surface area contributed by atoms with Crippen LogP contribution in [-0.4, -0.2) is 11.2 Å². The lowest BCUT2D eigenvalue weighted by atomic mass is 10.2. The van der Waals surface area contributed by atoms with Crippen LogP contribution < -0.4 is 5.73 Å². The van der Waals surface area contributed by atoms with Gasteiger partial charge in [-0.3, -0.25) is 4.99 Å². The van der Waals surface area contributed by atoms with Crippen molar-refractivity contribution in [3.63, 3.8) is 0 Å². The molecule has 4 heteroatoms. The van der Waals surface area contributed by atoms with E-state index in [1.807, 2.05) is 18.2 Å². The van der Waals surface area contributed by atoms with Gasteiger partial charge in [-0.25, -0.2) is 0 Å². The van der Waals surface area contributed by atoms with E-state index in [2.05, 4.69) is 40.8 Å². The molecule has 0 fully saturated rings. The summed E-state index contributed by atoms with van der Waals surface area (Å²) in [6, 6.07) is 8.48. The van der Waals surface area contributed by atoms with E-state index in [1.165, 1.54) is 5.56 Å². The van der Waals surface area contributed by atoms with Crippen LogP contribution in [0.1, 0.15) is 25.8 Å². The van der Waals surface area contributed by atoms with Gasteiger partial charge < -0.3 is 5.73 Å². The molecular formula is C12H17BrN2S. The number of nitrogens with zero attached hydrogens (tertiary/aromatic N) is 1. The maximum Gasteiger partial charge on any atom is 0.154 e. The SMILES string of the molecule is CC[C@H](C)N=C(N)SCc1ccccc1Br. The molecule has 0 heterocycles. The third kappa shape index (κ3) is 4.58. The molecule has 0 radical (unpaired) electrons. The van der Waals surface area contributed by atoms with Crippen molar-refractivity contribution in [2.24, 2.45) is 10.7 Å². The van der Waals surface area contributed by atoms with Gasteiger partial charge in [-0.15, -0.1) is 0 Å². The summed E-state index contributed by atoms with van der Waals surface area (Å²) in [5.41, 5.74) is 7.09. The molecular weight excluding hydrogens is 284 g/mol. The molecule has 0 aliphatic rings. The predicted molar refractivity (Wildman–Crippen MR) is 76.8 cm³/mol. The molecule has 0 saturated carbocycles. The Hall–Kier alpha value is -0.480. The van der Waals surface area contributed by atoms with E-state index in [-0.39, 0.29) is 0 Å². The first kappa shape index (κ1) is 13.6. The normalized spacial score (nSPS) is 13.8. The van der Waals surface area contributed by atoms with Gasteiger partial charge in [-0.1, -0.05) is 52.8 Å². The van der Waals surface area contributed by atoms with Crippen LogP contribution in [0.15, 0.2) is 33.7 Å². The van der Waals surface area contributed by atoms with Gasteiger partial charge in [0.25, 0.3) is 0 Å². The number of amidine groups is 1. The van der Waals surface area contributed by atoms with E-state index in [0.29, 0.717) is 11.2 Å². The van der Waals surface area contributed by atoms with E-state index < -0.39 is 0 Å². The summed E-state index contributed by atoms with van der Waals surface area (Å²) in [4.78, 5) is 4.38. The summed E-state index contributed by atoms with van der Waals surface area (Å²) in [6.07, 6.45) is 1.02. The minimum Gasteiger partial charge on any atom is -0.379 e. The molecule has 0 aliphatic carbocycles. The molecule has 1 aromatic rings. The number of thioether (sulfide) groups is 1. The Bertz CT molecular complexity index is 366. The summed E-state index contributed by atoms with van der Waals surface area (Å²) in [5, 5.41) is 0.671. The summed E-state index contributed by atoms with van der Waals surface area (Å²) >= 11 is 5.10. The van der Waals surface area contributed by atoms with Crippen LogP contribution >= 0.6 is 27.7 Å². The average Bonchev–Trinajstić information content (AvgIpc) is 2.28. The molecule has 0 amide bonds. The lowest BCUT2D eigenvalue weighted by Crippen LogP contribution is -2.11. The third-order valence-corrected chi connectivity index (χ3v) is 3.90. The zero-order valence-corrected chi connectivity index (χ0v) is 12.0. The highest BCUT2D eigenvalue weighted by molar-refractivity contribution is 9.10. The fourth-order valence-electron chi connectivity index (χ4n) is 1.11. The van der Waals surface area contributed by atoms with E-state index in [9.17, 15) is 0 Å². The number of hydrogen-bond acceptors (Lipinski definition) is 2. The Morgan fingerprint density at radius 2 is 2.19 bits per heavy atom. The van der Waals surface area contributed by atoms with Crippen LogP contribution in [0.4, 0.5) is 0 Å². The van der Waals surface area contributed by atoms with Gasteiger partial charge in [-0.05, 0) is 25.0 Å². The van der Waals surface area contributed by atoms with Crippen molar-refractivity contribution in [3.05, 3.63) is 34.3 Å². The molecule has 1 atom stereocenters. The van der Waals surface area contributed by atoms with Crippen molar-refractivity contribution in [2.45, 2.75) is 32.1 Å². The number of aliphatic imine (C=N–C) groups is 1. The number of hydrogen-bond donors (Lipinski definition) is 1. The smallest absolute Gasteiger partial charge is 0.154 e. The molecule has 0 unspecified atom stereocenters. The van der Waals surface area contributed by atoms with Gasteiger partial charge in [0.2, 0.25) is 0 Å². The topological polar surface area (TPSA) is 38.4 Å². The summed E-state index contributed by atoms with van der Waals surface area (Å²) in [7, 11) is 0. The first-order valence-electron chi connectivity index (χ1n) is 5.33. The van der Waals surface area contributed by atoms with Gasteiger partial charge in [0, 0.05) is 16.3 Å². The van der Waals surface area contributed by atoms with Crippen LogP contribution in [0.25, 0.3) is 0 Å². The van der Waals surface area contributed by atoms with E-state index in [1.54, 1.807) is 11.8 Å². The largest absolute Gasteiger partial charge is 0.379 e. The minimum absolute atomic E-state index is 0.312. The van der Waals surface area contributed by atoms with Gasteiger partial charge in [0.1, 0.15) is 0 Å². The number of rotatable bonds is 4. The van der Waals surface area contributed by atoms with Crippen molar-refractivity contribution in [1.82, 2.24) is 0 Å². The highest BCUT2D eigenvalue weighted by atomic mass is 79.9. The van der Waals surface area contributed by atoms with E-state index >= 15 is 0 Å². The lowest BCUT2D eigenvalue weighted by Gasteiger charge is -2.06.